The summed E-state index contributed by atoms with van der Waals surface area (Å²) in [6.07, 6.45) is 2.59. The van der Waals surface area contributed by atoms with Gasteiger partial charge in [0.15, 0.2) is 0 Å². The van der Waals surface area contributed by atoms with Crippen LogP contribution in [0.5, 0.6) is 0 Å². The van der Waals surface area contributed by atoms with Crippen molar-refractivity contribution < 1.29 is 9.90 Å². The third-order valence-electron chi connectivity index (χ3n) is 4.12. The first-order valence-electron chi connectivity index (χ1n) is 7.74. The Hall–Kier alpha value is -1.39. The molecular weight excluding hydrogens is 264 g/mol. The Morgan fingerprint density at radius 1 is 1.43 bits per heavy atom. The van der Waals surface area contributed by atoms with Crippen molar-refractivity contribution in [2.24, 2.45) is 5.41 Å². The number of hydrogen-bond donors (Lipinski definition) is 3. The van der Waals surface area contributed by atoms with Crippen LogP contribution in [0, 0.1) is 5.41 Å². The largest absolute Gasteiger partial charge is 0.396 e. The molecule has 1 aliphatic rings. The van der Waals surface area contributed by atoms with Crippen LogP contribution in [0.25, 0.3) is 0 Å². The molecule has 0 unspecified atom stereocenters. The summed E-state index contributed by atoms with van der Waals surface area (Å²) in [5.41, 5.74) is 3.23. The number of rotatable bonds is 6. The van der Waals surface area contributed by atoms with Crippen LogP contribution >= 0.6 is 0 Å². The van der Waals surface area contributed by atoms with E-state index in [0.29, 0.717) is 6.54 Å². The molecule has 0 aromatic heterocycles. The maximum Gasteiger partial charge on any atom is 0.251 e. The monoisotopic (exact) mass is 290 g/mol. The van der Waals surface area contributed by atoms with Crippen molar-refractivity contribution >= 4 is 5.91 Å². The van der Waals surface area contributed by atoms with Gasteiger partial charge < -0.3 is 15.7 Å². The number of aliphatic hydroxyl groups excluding tert-OH is 1. The SMILES string of the molecule is CC(C)(CCCO)CNC(=O)c1cccc2c1CCNC2. The highest BCUT2D eigenvalue weighted by Crippen LogP contribution is 2.22. The molecule has 0 aliphatic carbocycles. The van der Waals surface area contributed by atoms with Gasteiger partial charge in [0, 0.05) is 25.3 Å². The molecule has 116 valence electrons. The van der Waals surface area contributed by atoms with E-state index in [0.717, 1.165) is 37.9 Å². The molecule has 4 heteroatoms. The highest BCUT2D eigenvalue weighted by molar-refractivity contribution is 5.96. The Morgan fingerprint density at radius 2 is 2.24 bits per heavy atom. The Labute approximate surface area is 126 Å². The first kappa shape index (κ1) is 16.0. The van der Waals surface area contributed by atoms with Crippen molar-refractivity contribution in [2.75, 3.05) is 19.7 Å². The number of carbonyl (C=O) groups is 1. The molecule has 4 nitrogen and oxygen atoms in total. The van der Waals surface area contributed by atoms with Crippen molar-refractivity contribution in [2.45, 2.75) is 39.7 Å². The normalized spacial score (nSPS) is 14.6. The minimum atomic E-state index is 0.00872. The lowest BCUT2D eigenvalue weighted by atomic mass is 9.87. The first-order valence-corrected chi connectivity index (χ1v) is 7.74. The summed E-state index contributed by atoms with van der Waals surface area (Å²) in [4.78, 5) is 12.5. The van der Waals surface area contributed by atoms with Gasteiger partial charge in [0.05, 0.1) is 0 Å². The molecule has 1 aliphatic heterocycles. The molecule has 1 aromatic rings. The topological polar surface area (TPSA) is 61.4 Å². The molecule has 0 atom stereocenters. The predicted molar refractivity (Wildman–Crippen MR) is 84.3 cm³/mol. The smallest absolute Gasteiger partial charge is 0.251 e. The van der Waals surface area contributed by atoms with E-state index in [4.69, 9.17) is 5.11 Å². The maximum atomic E-state index is 12.5. The number of carbonyl (C=O) groups excluding carboxylic acids is 1. The molecule has 1 amide bonds. The van der Waals surface area contributed by atoms with E-state index in [1.807, 2.05) is 12.1 Å². The highest BCUT2D eigenvalue weighted by atomic mass is 16.2. The van der Waals surface area contributed by atoms with Gasteiger partial charge in [0.25, 0.3) is 5.91 Å². The van der Waals surface area contributed by atoms with E-state index in [1.165, 1.54) is 11.1 Å². The van der Waals surface area contributed by atoms with Crippen LogP contribution in [0.2, 0.25) is 0 Å². The van der Waals surface area contributed by atoms with Gasteiger partial charge in [-0.1, -0.05) is 26.0 Å². The van der Waals surface area contributed by atoms with Gasteiger partial charge in [-0.15, -0.1) is 0 Å². The van der Waals surface area contributed by atoms with E-state index in [2.05, 4.69) is 30.5 Å². The lowest BCUT2D eigenvalue weighted by Crippen LogP contribution is -2.35. The third-order valence-corrected chi connectivity index (χ3v) is 4.12. The molecule has 3 N–H and O–H groups in total. The quantitative estimate of drug-likeness (QED) is 0.749. The predicted octanol–water partition coefficient (Wildman–Crippen LogP) is 1.86. The van der Waals surface area contributed by atoms with Gasteiger partial charge in [-0.3, -0.25) is 4.79 Å². The van der Waals surface area contributed by atoms with Crippen molar-refractivity contribution in [1.82, 2.24) is 10.6 Å². The van der Waals surface area contributed by atoms with Crippen molar-refractivity contribution in [3.05, 3.63) is 34.9 Å². The zero-order valence-electron chi connectivity index (χ0n) is 13.0. The van der Waals surface area contributed by atoms with Crippen LogP contribution in [0.3, 0.4) is 0 Å². The molecule has 1 aromatic carbocycles. The van der Waals surface area contributed by atoms with Gasteiger partial charge in [0.2, 0.25) is 0 Å². The average molecular weight is 290 g/mol. The maximum absolute atomic E-state index is 12.5. The number of fused-ring (bicyclic) bond motifs is 1. The number of hydrogen-bond acceptors (Lipinski definition) is 3. The van der Waals surface area contributed by atoms with Gasteiger partial charge in [0.1, 0.15) is 0 Å². The van der Waals surface area contributed by atoms with E-state index in [1.54, 1.807) is 0 Å². The number of aliphatic hydroxyl groups is 1. The molecule has 2 rings (SSSR count). The summed E-state index contributed by atoms with van der Waals surface area (Å²) in [5, 5.41) is 15.3. The fourth-order valence-corrected chi connectivity index (χ4v) is 2.81. The second-order valence-corrected chi connectivity index (χ2v) is 6.54. The fourth-order valence-electron chi connectivity index (χ4n) is 2.81. The molecule has 0 radical (unpaired) electrons. The third kappa shape index (κ3) is 4.29. The van der Waals surface area contributed by atoms with Crippen molar-refractivity contribution in [1.29, 1.82) is 0 Å². The standard InChI is InChI=1S/C17H26N2O2/c1-17(2,8-4-10-20)12-19-16(21)15-6-3-5-13-11-18-9-7-14(13)15/h3,5-6,18,20H,4,7-12H2,1-2H3,(H,19,21). The van der Waals surface area contributed by atoms with Gasteiger partial charge in [-0.25, -0.2) is 0 Å². The minimum absolute atomic E-state index is 0.00872. The Balaban J connectivity index is 2.01. The lowest BCUT2D eigenvalue weighted by molar-refractivity contribution is 0.0931. The second-order valence-electron chi connectivity index (χ2n) is 6.54. The Kier molecular flexibility index (Phi) is 5.37. The second kappa shape index (κ2) is 7.05. The fraction of sp³-hybridized carbons (Fsp3) is 0.588. The van der Waals surface area contributed by atoms with E-state index >= 15 is 0 Å². The van der Waals surface area contributed by atoms with E-state index < -0.39 is 0 Å². The van der Waals surface area contributed by atoms with Crippen LogP contribution in [0.4, 0.5) is 0 Å². The van der Waals surface area contributed by atoms with Gasteiger partial charge in [-0.2, -0.15) is 0 Å². The van der Waals surface area contributed by atoms with E-state index in [9.17, 15) is 4.79 Å². The summed E-state index contributed by atoms with van der Waals surface area (Å²) in [5.74, 6) is 0.0193. The Bertz CT molecular complexity index is 498. The van der Waals surface area contributed by atoms with Gasteiger partial charge in [-0.05, 0) is 48.4 Å². The van der Waals surface area contributed by atoms with Crippen LogP contribution in [-0.4, -0.2) is 30.7 Å². The molecule has 1 heterocycles. The van der Waals surface area contributed by atoms with Crippen molar-refractivity contribution in [3.63, 3.8) is 0 Å². The molecular formula is C17H26N2O2. The molecule has 21 heavy (non-hydrogen) atoms. The van der Waals surface area contributed by atoms with Crippen molar-refractivity contribution in [3.8, 4) is 0 Å². The van der Waals surface area contributed by atoms with Crippen LogP contribution in [0.15, 0.2) is 18.2 Å². The van der Waals surface area contributed by atoms with E-state index in [-0.39, 0.29) is 17.9 Å². The zero-order valence-corrected chi connectivity index (χ0v) is 13.0. The van der Waals surface area contributed by atoms with Crippen LogP contribution in [0.1, 0.15) is 48.2 Å². The first-order chi connectivity index (χ1) is 10.0. The summed E-state index contributed by atoms with van der Waals surface area (Å²) >= 11 is 0. The zero-order chi connectivity index (χ0) is 15.3. The number of benzene rings is 1. The average Bonchev–Trinajstić information content (AvgIpc) is 2.50. The minimum Gasteiger partial charge on any atom is -0.396 e. The summed E-state index contributed by atoms with van der Waals surface area (Å²) in [7, 11) is 0. The summed E-state index contributed by atoms with van der Waals surface area (Å²) < 4.78 is 0. The molecule has 0 fully saturated rings. The van der Waals surface area contributed by atoms with Crippen LogP contribution < -0.4 is 10.6 Å². The highest BCUT2D eigenvalue weighted by Gasteiger charge is 2.21. The molecule has 0 saturated carbocycles. The summed E-state index contributed by atoms with van der Waals surface area (Å²) in [6.45, 7) is 6.85. The summed E-state index contributed by atoms with van der Waals surface area (Å²) in [6, 6.07) is 5.96. The van der Waals surface area contributed by atoms with Crippen LogP contribution in [-0.2, 0) is 13.0 Å². The molecule has 0 bridgehead atoms. The Morgan fingerprint density at radius 3 is 3.00 bits per heavy atom. The number of nitrogens with one attached hydrogen (secondary N) is 2. The lowest BCUT2D eigenvalue weighted by Gasteiger charge is -2.25. The number of amides is 1. The molecule has 0 saturated heterocycles. The molecule has 0 spiro atoms. The van der Waals surface area contributed by atoms with Gasteiger partial charge >= 0.3 is 0 Å².